The summed E-state index contributed by atoms with van der Waals surface area (Å²) in [6.45, 7) is 0.525. The summed E-state index contributed by atoms with van der Waals surface area (Å²) in [4.78, 5) is 1.87. The van der Waals surface area contributed by atoms with Crippen molar-refractivity contribution in [2.45, 2.75) is 31.5 Å². The summed E-state index contributed by atoms with van der Waals surface area (Å²) in [6.07, 6.45) is -2.12. The first-order chi connectivity index (χ1) is 8.94. The highest BCUT2D eigenvalue weighted by atomic mass is 19.4. The molecule has 0 aromatic rings. The molecule has 4 nitrogen and oxygen atoms in total. The second-order valence-electron chi connectivity index (χ2n) is 5.01. The van der Waals surface area contributed by atoms with E-state index in [1.807, 2.05) is 11.0 Å². The Bertz CT molecular complexity index is 304. The average Bonchev–Trinajstić information content (AvgIpc) is 2.33. The summed E-state index contributed by atoms with van der Waals surface area (Å²) in [5.41, 5.74) is 0. The Morgan fingerprint density at radius 3 is 2.68 bits per heavy atom. The fourth-order valence-electron chi connectivity index (χ4n) is 2.53. The Kier molecular flexibility index (Phi) is 6.55. The highest BCUT2D eigenvalue weighted by molar-refractivity contribution is 4.88. The van der Waals surface area contributed by atoms with Crippen molar-refractivity contribution in [3.63, 3.8) is 0 Å². The quantitative estimate of drug-likeness (QED) is 0.716. The first-order valence-electron chi connectivity index (χ1n) is 6.45. The van der Waals surface area contributed by atoms with Crippen LogP contribution in [0.25, 0.3) is 0 Å². The molecule has 1 rings (SSSR count). The Balaban J connectivity index is 2.47. The number of aliphatic hydroxyl groups excluding tert-OH is 1. The maximum absolute atomic E-state index is 12.2. The van der Waals surface area contributed by atoms with Crippen molar-refractivity contribution >= 4 is 0 Å². The third-order valence-electron chi connectivity index (χ3n) is 3.27. The van der Waals surface area contributed by atoms with Gasteiger partial charge in [-0.1, -0.05) is 0 Å². The molecule has 7 heteroatoms. The van der Waals surface area contributed by atoms with E-state index in [1.165, 1.54) is 0 Å². The maximum atomic E-state index is 12.2. The van der Waals surface area contributed by atoms with E-state index in [-0.39, 0.29) is 25.1 Å². The molecule has 1 heterocycles. The van der Waals surface area contributed by atoms with E-state index in [4.69, 9.17) is 10.4 Å². The minimum atomic E-state index is -4.21. The van der Waals surface area contributed by atoms with E-state index < -0.39 is 12.7 Å². The molecular formula is C12H20F3N3O. The molecule has 2 N–H and O–H groups in total. The molecule has 0 bridgehead atoms. The molecule has 19 heavy (non-hydrogen) atoms. The van der Waals surface area contributed by atoms with Gasteiger partial charge in [0.15, 0.2) is 0 Å². The van der Waals surface area contributed by atoms with Crippen molar-refractivity contribution in [3.05, 3.63) is 0 Å². The molecule has 0 amide bonds. The van der Waals surface area contributed by atoms with E-state index in [9.17, 15) is 13.2 Å². The smallest absolute Gasteiger partial charge is 0.396 e. The molecule has 0 radical (unpaired) electrons. The minimum Gasteiger partial charge on any atom is -0.396 e. The van der Waals surface area contributed by atoms with Crippen LogP contribution in [0.15, 0.2) is 0 Å². The normalized spacial score (nSPS) is 25.2. The highest BCUT2D eigenvalue weighted by Crippen LogP contribution is 2.22. The zero-order valence-corrected chi connectivity index (χ0v) is 10.8. The SMILES string of the molecule is N#CCN1CC(CCCO)CC(NCC(F)(F)F)C1. The van der Waals surface area contributed by atoms with Gasteiger partial charge in [-0.25, -0.2) is 0 Å². The summed E-state index contributed by atoms with van der Waals surface area (Å²) < 4.78 is 36.6. The molecule has 0 aromatic heterocycles. The van der Waals surface area contributed by atoms with Gasteiger partial charge in [0.1, 0.15) is 0 Å². The van der Waals surface area contributed by atoms with Gasteiger partial charge in [-0.05, 0) is 25.2 Å². The van der Waals surface area contributed by atoms with Crippen LogP contribution in [0.4, 0.5) is 13.2 Å². The van der Waals surface area contributed by atoms with Crippen molar-refractivity contribution in [1.29, 1.82) is 5.26 Å². The average molecular weight is 279 g/mol. The van der Waals surface area contributed by atoms with Gasteiger partial charge in [0.25, 0.3) is 0 Å². The van der Waals surface area contributed by atoms with Crippen LogP contribution in [0, 0.1) is 17.2 Å². The fraction of sp³-hybridized carbons (Fsp3) is 0.917. The van der Waals surface area contributed by atoms with Gasteiger partial charge >= 0.3 is 6.18 Å². The lowest BCUT2D eigenvalue weighted by atomic mass is 9.90. The van der Waals surface area contributed by atoms with Crippen LogP contribution >= 0.6 is 0 Å². The van der Waals surface area contributed by atoms with Crippen LogP contribution in [-0.4, -0.2) is 55.0 Å². The summed E-state index contributed by atoms with van der Waals surface area (Å²) >= 11 is 0. The van der Waals surface area contributed by atoms with Crippen LogP contribution in [-0.2, 0) is 0 Å². The number of nitrogens with one attached hydrogen (secondary N) is 1. The monoisotopic (exact) mass is 279 g/mol. The molecule has 1 saturated heterocycles. The number of alkyl halides is 3. The number of nitriles is 1. The second kappa shape index (κ2) is 7.68. The molecule has 0 spiro atoms. The number of piperidine rings is 1. The number of halogens is 3. The van der Waals surface area contributed by atoms with Crippen LogP contribution < -0.4 is 5.32 Å². The Labute approximate surface area is 111 Å². The van der Waals surface area contributed by atoms with Crippen LogP contribution in [0.3, 0.4) is 0 Å². The number of hydrogen-bond donors (Lipinski definition) is 2. The van der Waals surface area contributed by atoms with Crippen LogP contribution in [0.2, 0.25) is 0 Å². The van der Waals surface area contributed by atoms with E-state index in [0.717, 1.165) is 13.0 Å². The molecule has 0 saturated carbocycles. The lowest BCUT2D eigenvalue weighted by molar-refractivity contribution is -0.127. The van der Waals surface area contributed by atoms with Gasteiger partial charge in [-0.15, -0.1) is 0 Å². The number of nitrogens with zero attached hydrogens (tertiary/aromatic N) is 2. The Morgan fingerprint density at radius 1 is 1.37 bits per heavy atom. The number of likely N-dealkylation sites (tertiary alicyclic amines) is 1. The third-order valence-corrected chi connectivity index (χ3v) is 3.27. The van der Waals surface area contributed by atoms with Gasteiger partial charge in [-0.3, -0.25) is 4.90 Å². The summed E-state index contributed by atoms with van der Waals surface area (Å²) in [5, 5.41) is 20.0. The summed E-state index contributed by atoms with van der Waals surface area (Å²) in [7, 11) is 0. The summed E-state index contributed by atoms with van der Waals surface area (Å²) in [5.74, 6) is 0.236. The Morgan fingerprint density at radius 2 is 2.11 bits per heavy atom. The fourth-order valence-corrected chi connectivity index (χ4v) is 2.53. The Hall–Kier alpha value is -0.840. The van der Waals surface area contributed by atoms with Gasteiger partial charge in [0.2, 0.25) is 0 Å². The van der Waals surface area contributed by atoms with Crippen molar-refractivity contribution in [3.8, 4) is 6.07 Å². The second-order valence-corrected chi connectivity index (χ2v) is 5.01. The van der Waals surface area contributed by atoms with E-state index in [0.29, 0.717) is 19.4 Å². The largest absolute Gasteiger partial charge is 0.401 e. The number of rotatable bonds is 6. The van der Waals surface area contributed by atoms with Gasteiger partial charge in [0, 0.05) is 25.7 Å². The minimum absolute atomic E-state index is 0.0927. The molecule has 0 aliphatic carbocycles. The predicted molar refractivity (Wildman–Crippen MR) is 64.3 cm³/mol. The molecule has 1 aliphatic heterocycles. The standard InChI is InChI=1S/C12H20F3N3O/c13-12(14,15)9-17-11-6-10(2-1-5-19)7-18(8-11)4-3-16/h10-11,17,19H,1-2,4-9H2. The van der Waals surface area contributed by atoms with E-state index >= 15 is 0 Å². The lowest BCUT2D eigenvalue weighted by Crippen LogP contribution is -2.51. The highest BCUT2D eigenvalue weighted by Gasteiger charge is 2.31. The number of hydrogen-bond acceptors (Lipinski definition) is 4. The van der Waals surface area contributed by atoms with Crippen molar-refractivity contribution < 1.29 is 18.3 Å². The van der Waals surface area contributed by atoms with Crippen molar-refractivity contribution in [2.24, 2.45) is 5.92 Å². The van der Waals surface area contributed by atoms with Gasteiger partial charge < -0.3 is 10.4 Å². The first-order valence-corrected chi connectivity index (χ1v) is 6.45. The van der Waals surface area contributed by atoms with Gasteiger partial charge in [0.05, 0.1) is 19.2 Å². The molecule has 0 aromatic carbocycles. The van der Waals surface area contributed by atoms with Crippen molar-refractivity contribution in [2.75, 3.05) is 32.8 Å². The zero-order valence-electron chi connectivity index (χ0n) is 10.8. The lowest BCUT2D eigenvalue weighted by Gasteiger charge is -2.37. The molecule has 1 fully saturated rings. The van der Waals surface area contributed by atoms with Crippen molar-refractivity contribution in [1.82, 2.24) is 10.2 Å². The van der Waals surface area contributed by atoms with Crippen LogP contribution in [0.1, 0.15) is 19.3 Å². The van der Waals surface area contributed by atoms with E-state index in [2.05, 4.69) is 5.32 Å². The molecule has 110 valence electrons. The van der Waals surface area contributed by atoms with E-state index in [1.54, 1.807) is 0 Å². The first kappa shape index (κ1) is 16.2. The topological polar surface area (TPSA) is 59.3 Å². The predicted octanol–water partition coefficient (Wildman–Crippen LogP) is 1.12. The molecule has 1 aliphatic rings. The van der Waals surface area contributed by atoms with Gasteiger partial charge in [-0.2, -0.15) is 18.4 Å². The molecular weight excluding hydrogens is 259 g/mol. The summed E-state index contributed by atoms with van der Waals surface area (Å²) in [6, 6.07) is 1.79. The van der Waals surface area contributed by atoms with Crippen LogP contribution in [0.5, 0.6) is 0 Å². The third kappa shape index (κ3) is 6.76. The molecule has 2 atom stereocenters. The maximum Gasteiger partial charge on any atom is 0.401 e. The number of aliphatic hydroxyl groups is 1. The molecule has 2 unspecified atom stereocenters. The zero-order chi connectivity index (χ0) is 14.3.